The van der Waals surface area contributed by atoms with E-state index in [0.717, 1.165) is 46.6 Å². The second kappa shape index (κ2) is 6.25. The van der Waals surface area contributed by atoms with Crippen molar-refractivity contribution in [3.05, 3.63) is 72.2 Å². The minimum atomic E-state index is 0.678. The van der Waals surface area contributed by atoms with Gasteiger partial charge in [-0.2, -0.15) is 0 Å². The van der Waals surface area contributed by atoms with Crippen LogP contribution in [0.15, 0.2) is 70.6 Å². The highest BCUT2D eigenvalue weighted by molar-refractivity contribution is 6.05. The second-order valence-electron chi connectivity index (χ2n) is 6.44. The maximum atomic E-state index is 9.12. The molecule has 0 radical (unpaired) electrons. The molecule has 6 nitrogen and oxygen atoms in total. The van der Waals surface area contributed by atoms with E-state index in [1.54, 1.807) is 18.6 Å². The zero-order valence-corrected chi connectivity index (χ0v) is 14.4. The number of fused-ring (bicyclic) bond motifs is 2. The van der Waals surface area contributed by atoms with Crippen LogP contribution >= 0.6 is 0 Å². The highest BCUT2D eigenvalue weighted by Crippen LogP contribution is 2.39. The molecule has 0 bridgehead atoms. The number of nitrogens with zero attached hydrogens (tertiary/aromatic N) is 3. The number of furan rings is 1. The van der Waals surface area contributed by atoms with Crippen molar-refractivity contribution in [2.24, 2.45) is 5.16 Å². The number of hydrogen-bond donors (Lipinski definition) is 2. The summed E-state index contributed by atoms with van der Waals surface area (Å²) in [7, 11) is 0. The van der Waals surface area contributed by atoms with Gasteiger partial charge in [-0.05, 0) is 48.7 Å². The number of hydrogen-bond acceptors (Lipinski definition) is 6. The minimum Gasteiger partial charge on any atom is -0.451 e. The summed E-state index contributed by atoms with van der Waals surface area (Å²) in [6.07, 6.45) is 6.83. The molecule has 0 spiro atoms. The van der Waals surface area contributed by atoms with Crippen LogP contribution in [0, 0.1) is 0 Å². The van der Waals surface area contributed by atoms with Crippen LogP contribution in [-0.2, 0) is 6.42 Å². The van der Waals surface area contributed by atoms with Gasteiger partial charge >= 0.3 is 0 Å². The van der Waals surface area contributed by atoms with Crippen LogP contribution in [0.5, 0.6) is 0 Å². The molecule has 0 aliphatic heterocycles. The Bertz CT molecular complexity index is 1170. The normalized spacial score (nSPS) is 14.6. The number of aromatic nitrogens is 2. The molecule has 0 fully saturated rings. The molecular weight excluding hydrogens is 340 g/mol. The Kier molecular flexibility index (Phi) is 3.60. The van der Waals surface area contributed by atoms with Gasteiger partial charge in [0.25, 0.3) is 0 Å². The lowest BCUT2D eigenvalue weighted by atomic mass is 10.1. The van der Waals surface area contributed by atoms with Crippen LogP contribution in [0.25, 0.3) is 22.4 Å². The van der Waals surface area contributed by atoms with E-state index in [1.165, 1.54) is 5.56 Å². The average molecular weight is 356 g/mol. The van der Waals surface area contributed by atoms with Gasteiger partial charge in [0.2, 0.25) is 0 Å². The Hall–Kier alpha value is -3.67. The predicted octanol–water partition coefficient (Wildman–Crippen LogP) is 4.76. The van der Waals surface area contributed by atoms with E-state index in [2.05, 4.69) is 26.5 Å². The zero-order chi connectivity index (χ0) is 18.2. The molecule has 132 valence electrons. The highest BCUT2D eigenvalue weighted by atomic mass is 16.4. The Balaban J connectivity index is 1.61. The molecule has 0 saturated carbocycles. The molecule has 0 saturated heterocycles. The second-order valence-corrected chi connectivity index (χ2v) is 6.44. The molecule has 4 aromatic rings. The van der Waals surface area contributed by atoms with E-state index in [1.807, 2.05) is 36.4 Å². The number of benzene rings is 1. The standard InChI is InChI=1S/C21H16N4O2/c26-25-17-7-4-13-11-14(5-6-15(13)17)24-20-16-8-10-22-12-19(16)27-21(20)18-3-1-2-9-23-18/h1-3,5-6,8-12,24,26H,4,7H2. The molecule has 27 heavy (non-hydrogen) atoms. The molecule has 2 N–H and O–H groups in total. The summed E-state index contributed by atoms with van der Waals surface area (Å²) in [6.45, 7) is 0. The molecule has 1 aromatic carbocycles. The maximum Gasteiger partial charge on any atom is 0.177 e. The number of aryl methyl sites for hydroxylation is 1. The van der Waals surface area contributed by atoms with Gasteiger partial charge in [-0.1, -0.05) is 17.3 Å². The van der Waals surface area contributed by atoms with Crippen molar-refractivity contribution in [2.75, 3.05) is 5.32 Å². The van der Waals surface area contributed by atoms with Crippen LogP contribution in [0.4, 0.5) is 11.4 Å². The Morgan fingerprint density at radius 2 is 2.04 bits per heavy atom. The average Bonchev–Trinajstić information content (AvgIpc) is 3.30. The van der Waals surface area contributed by atoms with Crippen molar-refractivity contribution in [2.45, 2.75) is 12.8 Å². The highest BCUT2D eigenvalue weighted by Gasteiger charge is 2.20. The molecule has 5 rings (SSSR count). The first-order chi connectivity index (χ1) is 13.3. The molecule has 0 unspecified atom stereocenters. The van der Waals surface area contributed by atoms with Crippen LogP contribution in [-0.4, -0.2) is 20.9 Å². The van der Waals surface area contributed by atoms with Crippen molar-refractivity contribution >= 4 is 28.1 Å². The molecule has 1 aliphatic rings. The third kappa shape index (κ3) is 2.62. The van der Waals surface area contributed by atoms with E-state index in [-0.39, 0.29) is 0 Å². The fourth-order valence-corrected chi connectivity index (χ4v) is 3.55. The van der Waals surface area contributed by atoms with Crippen molar-refractivity contribution in [1.29, 1.82) is 0 Å². The van der Waals surface area contributed by atoms with Gasteiger partial charge < -0.3 is 14.9 Å². The van der Waals surface area contributed by atoms with E-state index in [4.69, 9.17) is 9.62 Å². The van der Waals surface area contributed by atoms with Gasteiger partial charge in [-0.3, -0.25) is 9.97 Å². The van der Waals surface area contributed by atoms with E-state index in [0.29, 0.717) is 11.3 Å². The molecular formula is C21H16N4O2. The minimum absolute atomic E-state index is 0.678. The molecule has 1 aliphatic carbocycles. The predicted molar refractivity (Wildman–Crippen MR) is 104 cm³/mol. The molecule has 0 atom stereocenters. The van der Waals surface area contributed by atoms with Crippen molar-refractivity contribution in [1.82, 2.24) is 9.97 Å². The fourth-order valence-electron chi connectivity index (χ4n) is 3.55. The van der Waals surface area contributed by atoms with E-state index in [9.17, 15) is 0 Å². The first kappa shape index (κ1) is 15.6. The summed E-state index contributed by atoms with van der Waals surface area (Å²) in [4.78, 5) is 8.58. The van der Waals surface area contributed by atoms with E-state index < -0.39 is 0 Å². The first-order valence-corrected chi connectivity index (χ1v) is 8.72. The summed E-state index contributed by atoms with van der Waals surface area (Å²) in [5.74, 6) is 0.678. The number of oxime groups is 1. The van der Waals surface area contributed by atoms with Crippen LogP contribution < -0.4 is 5.32 Å². The summed E-state index contributed by atoms with van der Waals surface area (Å²) in [5, 5.41) is 17.0. The van der Waals surface area contributed by atoms with Crippen molar-refractivity contribution in [3.8, 4) is 11.5 Å². The van der Waals surface area contributed by atoms with Crippen molar-refractivity contribution in [3.63, 3.8) is 0 Å². The Morgan fingerprint density at radius 3 is 2.89 bits per heavy atom. The number of nitrogens with one attached hydrogen (secondary N) is 1. The third-order valence-corrected chi connectivity index (χ3v) is 4.83. The fraction of sp³-hybridized carbons (Fsp3) is 0.0952. The summed E-state index contributed by atoms with van der Waals surface area (Å²) >= 11 is 0. The maximum absolute atomic E-state index is 9.12. The lowest BCUT2D eigenvalue weighted by Crippen LogP contribution is -1.96. The lowest BCUT2D eigenvalue weighted by molar-refractivity contribution is 0.318. The van der Waals surface area contributed by atoms with Gasteiger partial charge in [0, 0.05) is 29.0 Å². The van der Waals surface area contributed by atoms with Crippen LogP contribution in [0.2, 0.25) is 0 Å². The smallest absolute Gasteiger partial charge is 0.177 e. The molecule has 3 aromatic heterocycles. The number of anilines is 2. The third-order valence-electron chi connectivity index (χ3n) is 4.83. The molecule has 6 heteroatoms. The summed E-state index contributed by atoms with van der Waals surface area (Å²) in [5.41, 5.74) is 6.19. The first-order valence-electron chi connectivity index (χ1n) is 8.72. The van der Waals surface area contributed by atoms with Gasteiger partial charge in [0.15, 0.2) is 11.3 Å². The van der Waals surface area contributed by atoms with Gasteiger partial charge in [-0.25, -0.2) is 0 Å². The zero-order valence-electron chi connectivity index (χ0n) is 14.4. The Labute approximate surface area is 155 Å². The summed E-state index contributed by atoms with van der Waals surface area (Å²) < 4.78 is 6.04. The SMILES string of the molecule is ON=C1CCc2cc(Nc3c(-c4ccccn4)oc4cnccc34)ccc21. The van der Waals surface area contributed by atoms with Crippen LogP contribution in [0.3, 0.4) is 0 Å². The van der Waals surface area contributed by atoms with Gasteiger partial charge in [0.05, 0.1) is 17.6 Å². The summed E-state index contributed by atoms with van der Waals surface area (Å²) in [6, 6.07) is 13.7. The van der Waals surface area contributed by atoms with Gasteiger partial charge in [-0.15, -0.1) is 0 Å². The van der Waals surface area contributed by atoms with E-state index >= 15 is 0 Å². The Morgan fingerprint density at radius 1 is 1.07 bits per heavy atom. The number of pyridine rings is 2. The van der Waals surface area contributed by atoms with Crippen molar-refractivity contribution < 1.29 is 9.62 Å². The monoisotopic (exact) mass is 356 g/mol. The number of rotatable bonds is 3. The quantitative estimate of drug-likeness (QED) is 0.408. The molecule has 0 amide bonds. The van der Waals surface area contributed by atoms with Gasteiger partial charge in [0.1, 0.15) is 5.69 Å². The molecule has 3 heterocycles. The largest absolute Gasteiger partial charge is 0.451 e. The van der Waals surface area contributed by atoms with Crippen LogP contribution in [0.1, 0.15) is 17.5 Å². The lowest BCUT2D eigenvalue weighted by Gasteiger charge is -2.09. The topological polar surface area (TPSA) is 83.5 Å².